The van der Waals surface area contributed by atoms with Crippen LogP contribution < -0.4 is 11.2 Å². The molecule has 0 N–H and O–H groups in total. The summed E-state index contributed by atoms with van der Waals surface area (Å²) in [7, 11) is 3.14. The molecule has 0 aliphatic carbocycles. The Morgan fingerprint density at radius 1 is 1.31 bits per heavy atom. The number of nitrogens with zero attached hydrogens (tertiary/aromatic N) is 2. The summed E-state index contributed by atoms with van der Waals surface area (Å²) in [5.74, 6) is 0. The van der Waals surface area contributed by atoms with E-state index in [9.17, 15) is 9.59 Å². The highest BCUT2D eigenvalue weighted by Gasteiger charge is 2.20. The Hall–Kier alpha value is -1.36. The molecule has 0 radical (unpaired) electrons. The maximum Gasteiger partial charge on any atom is 0.330 e. The van der Waals surface area contributed by atoms with Gasteiger partial charge in [0, 0.05) is 26.9 Å². The number of ether oxygens (including phenoxy) is 1. The Labute approximate surface area is 93.3 Å². The predicted octanol–water partition coefficient (Wildman–Crippen LogP) is 0.326. The number of aromatic nitrogens is 2. The van der Waals surface area contributed by atoms with E-state index in [-0.39, 0.29) is 17.4 Å². The maximum absolute atomic E-state index is 11.9. The molecule has 5 heteroatoms. The van der Waals surface area contributed by atoms with E-state index in [0.717, 1.165) is 23.8 Å². The fourth-order valence-corrected chi connectivity index (χ4v) is 2.04. The topological polar surface area (TPSA) is 53.2 Å². The molecular weight excluding hydrogens is 208 g/mol. The molecule has 1 aliphatic heterocycles. The zero-order chi connectivity index (χ0) is 11.7. The molecule has 0 saturated carbocycles. The van der Waals surface area contributed by atoms with Gasteiger partial charge < -0.3 is 9.30 Å². The van der Waals surface area contributed by atoms with Gasteiger partial charge in [0.1, 0.15) is 0 Å². The van der Waals surface area contributed by atoms with Crippen LogP contribution in [0.5, 0.6) is 0 Å². The van der Waals surface area contributed by atoms with Crippen LogP contribution >= 0.6 is 0 Å². The van der Waals surface area contributed by atoms with Gasteiger partial charge in [0.25, 0.3) is 5.56 Å². The van der Waals surface area contributed by atoms with Crippen molar-refractivity contribution in [3.63, 3.8) is 0 Å². The van der Waals surface area contributed by atoms with Gasteiger partial charge in [-0.3, -0.25) is 9.36 Å². The first-order chi connectivity index (χ1) is 7.61. The van der Waals surface area contributed by atoms with Crippen molar-refractivity contribution in [3.8, 4) is 0 Å². The van der Waals surface area contributed by atoms with Gasteiger partial charge in [-0.05, 0) is 19.3 Å². The SMILES string of the molecule is Cn1cc(C2CCCCO2)c(=O)n(C)c1=O. The molecule has 1 aliphatic rings. The second kappa shape index (κ2) is 4.25. The summed E-state index contributed by atoms with van der Waals surface area (Å²) in [6.45, 7) is 0.691. The van der Waals surface area contributed by atoms with E-state index >= 15 is 0 Å². The van der Waals surface area contributed by atoms with Gasteiger partial charge in [0.2, 0.25) is 0 Å². The van der Waals surface area contributed by atoms with Crippen molar-refractivity contribution >= 4 is 0 Å². The lowest BCUT2D eigenvalue weighted by Crippen LogP contribution is -2.39. The molecule has 1 atom stereocenters. The average Bonchev–Trinajstić information content (AvgIpc) is 2.32. The predicted molar refractivity (Wildman–Crippen MR) is 59.5 cm³/mol. The first-order valence-corrected chi connectivity index (χ1v) is 5.49. The first-order valence-electron chi connectivity index (χ1n) is 5.49. The van der Waals surface area contributed by atoms with Crippen LogP contribution in [-0.2, 0) is 18.8 Å². The summed E-state index contributed by atoms with van der Waals surface area (Å²) >= 11 is 0. The summed E-state index contributed by atoms with van der Waals surface area (Å²) in [5.41, 5.74) is 0.0452. The van der Waals surface area contributed by atoms with E-state index in [0.29, 0.717) is 12.2 Å². The van der Waals surface area contributed by atoms with E-state index in [4.69, 9.17) is 4.74 Å². The van der Waals surface area contributed by atoms with Crippen LogP contribution in [0.2, 0.25) is 0 Å². The molecule has 0 spiro atoms. The highest BCUT2D eigenvalue weighted by molar-refractivity contribution is 5.10. The van der Waals surface area contributed by atoms with Gasteiger partial charge in [-0.1, -0.05) is 0 Å². The molecule has 5 nitrogen and oxygen atoms in total. The molecule has 1 unspecified atom stereocenters. The molecule has 0 amide bonds. The number of aryl methyl sites for hydroxylation is 1. The number of hydrogen-bond donors (Lipinski definition) is 0. The van der Waals surface area contributed by atoms with Crippen molar-refractivity contribution in [2.45, 2.75) is 25.4 Å². The zero-order valence-electron chi connectivity index (χ0n) is 9.60. The molecule has 1 aromatic heterocycles. The minimum atomic E-state index is -0.301. The van der Waals surface area contributed by atoms with Crippen LogP contribution in [0.25, 0.3) is 0 Å². The van der Waals surface area contributed by atoms with Crippen LogP contribution in [0.4, 0.5) is 0 Å². The van der Waals surface area contributed by atoms with Crippen molar-refractivity contribution < 1.29 is 4.74 Å². The van der Waals surface area contributed by atoms with E-state index < -0.39 is 0 Å². The Balaban J connectivity index is 2.48. The first kappa shape index (κ1) is 11.1. The smallest absolute Gasteiger partial charge is 0.330 e. The Kier molecular flexibility index (Phi) is 2.96. The summed E-state index contributed by atoms with van der Waals surface area (Å²) in [5, 5.41) is 0. The highest BCUT2D eigenvalue weighted by Crippen LogP contribution is 2.24. The zero-order valence-corrected chi connectivity index (χ0v) is 9.60. The van der Waals surface area contributed by atoms with Gasteiger partial charge in [0.05, 0.1) is 11.7 Å². The summed E-state index contributed by atoms with van der Waals surface area (Å²) < 4.78 is 8.12. The van der Waals surface area contributed by atoms with Crippen molar-refractivity contribution in [1.82, 2.24) is 9.13 Å². The Morgan fingerprint density at radius 3 is 2.69 bits per heavy atom. The van der Waals surface area contributed by atoms with E-state index in [2.05, 4.69) is 0 Å². The number of rotatable bonds is 1. The molecule has 88 valence electrons. The average molecular weight is 224 g/mol. The van der Waals surface area contributed by atoms with E-state index in [1.54, 1.807) is 13.2 Å². The van der Waals surface area contributed by atoms with E-state index in [1.165, 1.54) is 11.6 Å². The molecule has 2 heterocycles. The minimum Gasteiger partial charge on any atom is -0.373 e. The van der Waals surface area contributed by atoms with Crippen LogP contribution in [0.3, 0.4) is 0 Å². The Morgan fingerprint density at radius 2 is 2.06 bits per heavy atom. The minimum absolute atomic E-state index is 0.153. The molecule has 1 fully saturated rings. The monoisotopic (exact) mass is 224 g/mol. The van der Waals surface area contributed by atoms with Crippen LogP contribution in [0.15, 0.2) is 15.8 Å². The normalized spacial score (nSPS) is 21.0. The summed E-state index contributed by atoms with van der Waals surface area (Å²) in [6.07, 6.45) is 4.41. The molecule has 0 aromatic carbocycles. The van der Waals surface area contributed by atoms with Crippen molar-refractivity contribution in [2.75, 3.05) is 6.61 Å². The lowest BCUT2D eigenvalue weighted by Gasteiger charge is -2.22. The fourth-order valence-electron chi connectivity index (χ4n) is 2.04. The van der Waals surface area contributed by atoms with Gasteiger partial charge in [0.15, 0.2) is 0 Å². The molecule has 0 bridgehead atoms. The van der Waals surface area contributed by atoms with Gasteiger partial charge in [-0.2, -0.15) is 0 Å². The standard InChI is InChI=1S/C11H16N2O3/c1-12-7-8(9-5-3-4-6-16-9)10(14)13(2)11(12)15/h7,9H,3-6H2,1-2H3. The molecule has 1 saturated heterocycles. The third-order valence-corrected chi connectivity index (χ3v) is 3.00. The third kappa shape index (κ3) is 1.82. The van der Waals surface area contributed by atoms with Gasteiger partial charge >= 0.3 is 5.69 Å². The van der Waals surface area contributed by atoms with Crippen LogP contribution in [-0.4, -0.2) is 15.7 Å². The Bertz CT molecular complexity index is 495. The highest BCUT2D eigenvalue weighted by atomic mass is 16.5. The second-order valence-electron chi connectivity index (χ2n) is 4.20. The van der Waals surface area contributed by atoms with Crippen molar-refractivity contribution in [3.05, 3.63) is 32.6 Å². The molecule has 2 rings (SSSR count). The number of hydrogen-bond acceptors (Lipinski definition) is 3. The lowest BCUT2D eigenvalue weighted by molar-refractivity contribution is 0.0133. The second-order valence-corrected chi connectivity index (χ2v) is 4.20. The van der Waals surface area contributed by atoms with Crippen LogP contribution in [0.1, 0.15) is 30.9 Å². The van der Waals surface area contributed by atoms with Gasteiger partial charge in [-0.25, -0.2) is 4.79 Å². The third-order valence-electron chi connectivity index (χ3n) is 3.00. The molecule has 16 heavy (non-hydrogen) atoms. The lowest BCUT2D eigenvalue weighted by atomic mass is 10.0. The quantitative estimate of drug-likeness (QED) is 0.690. The molecular formula is C11H16N2O3. The van der Waals surface area contributed by atoms with Crippen molar-refractivity contribution in [1.29, 1.82) is 0 Å². The van der Waals surface area contributed by atoms with Crippen molar-refractivity contribution in [2.24, 2.45) is 14.1 Å². The summed E-state index contributed by atoms with van der Waals surface area (Å²) in [4.78, 5) is 23.4. The van der Waals surface area contributed by atoms with E-state index in [1.807, 2.05) is 0 Å². The summed E-state index contributed by atoms with van der Waals surface area (Å²) in [6, 6.07) is 0. The fraction of sp³-hybridized carbons (Fsp3) is 0.636. The maximum atomic E-state index is 11.9. The largest absolute Gasteiger partial charge is 0.373 e. The molecule has 1 aromatic rings. The van der Waals surface area contributed by atoms with Crippen LogP contribution in [0, 0.1) is 0 Å². The van der Waals surface area contributed by atoms with Gasteiger partial charge in [-0.15, -0.1) is 0 Å².